The second kappa shape index (κ2) is 4.13. The highest BCUT2D eigenvalue weighted by Crippen LogP contribution is 2.28. The Morgan fingerprint density at radius 2 is 2.11 bits per heavy atom. The van der Waals surface area contributed by atoms with Crippen molar-refractivity contribution in [3.63, 3.8) is 0 Å². The van der Waals surface area contributed by atoms with Crippen LogP contribution in [0.25, 0.3) is 22.4 Å². The molecule has 3 heterocycles. The van der Waals surface area contributed by atoms with Crippen molar-refractivity contribution in [2.45, 2.75) is 0 Å². The number of nitrogens with one attached hydrogen (secondary N) is 1. The monoisotopic (exact) mass is 254 g/mol. The first-order valence-corrected chi connectivity index (χ1v) is 5.66. The van der Waals surface area contributed by atoms with Gasteiger partial charge < -0.3 is 4.98 Å². The first-order chi connectivity index (χ1) is 8.79. The van der Waals surface area contributed by atoms with Gasteiger partial charge in [0, 0.05) is 17.4 Å². The third-order valence-electron chi connectivity index (χ3n) is 2.64. The van der Waals surface area contributed by atoms with Gasteiger partial charge in [0.25, 0.3) is 0 Å². The van der Waals surface area contributed by atoms with Gasteiger partial charge in [-0.15, -0.1) is 0 Å². The number of aromatic amines is 1. The molecule has 4 nitrogen and oxygen atoms in total. The second-order valence-electron chi connectivity index (χ2n) is 3.75. The number of H-pyrrole nitrogens is 1. The number of pyridine rings is 2. The van der Waals surface area contributed by atoms with Crippen LogP contribution >= 0.6 is 11.6 Å². The molecule has 86 valence electrons. The molecule has 3 aromatic heterocycles. The number of hydrogen-bond acceptors (Lipinski definition) is 3. The number of halogens is 1. The van der Waals surface area contributed by atoms with Gasteiger partial charge in [-0.1, -0.05) is 11.6 Å². The van der Waals surface area contributed by atoms with E-state index in [9.17, 15) is 5.26 Å². The lowest BCUT2D eigenvalue weighted by molar-refractivity contribution is 1.29. The molecule has 5 heteroatoms. The van der Waals surface area contributed by atoms with Crippen molar-refractivity contribution in [3.05, 3.63) is 47.2 Å². The van der Waals surface area contributed by atoms with Gasteiger partial charge in [0.15, 0.2) is 0 Å². The molecule has 18 heavy (non-hydrogen) atoms. The van der Waals surface area contributed by atoms with Crippen LogP contribution in [-0.4, -0.2) is 15.0 Å². The maximum Gasteiger partial charge on any atom is 0.106 e. The van der Waals surface area contributed by atoms with E-state index in [4.69, 9.17) is 11.6 Å². The summed E-state index contributed by atoms with van der Waals surface area (Å²) in [5.74, 6) is 0. The van der Waals surface area contributed by atoms with E-state index in [-0.39, 0.29) is 0 Å². The molecule has 3 rings (SSSR count). The molecule has 0 aromatic carbocycles. The van der Waals surface area contributed by atoms with Gasteiger partial charge in [-0.2, -0.15) is 5.26 Å². The van der Waals surface area contributed by atoms with Crippen LogP contribution in [0.3, 0.4) is 0 Å². The molecular formula is C13H7ClN4. The number of nitriles is 1. The zero-order chi connectivity index (χ0) is 12.5. The largest absolute Gasteiger partial charge is 0.351 e. The van der Waals surface area contributed by atoms with Gasteiger partial charge in [0.05, 0.1) is 16.9 Å². The molecule has 1 N–H and O–H groups in total. The average Bonchev–Trinajstić information content (AvgIpc) is 2.77. The topological polar surface area (TPSA) is 65.4 Å². The summed E-state index contributed by atoms with van der Waals surface area (Å²) in [6, 6.07) is 9.25. The molecule has 0 amide bonds. The Bertz CT molecular complexity index is 770. The molecule has 0 bridgehead atoms. The molecule has 0 spiro atoms. The van der Waals surface area contributed by atoms with Gasteiger partial charge in [-0.05, 0) is 24.3 Å². The fourth-order valence-electron chi connectivity index (χ4n) is 1.86. The molecule has 0 aliphatic rings. The minimum atomic E-state index is 0.486. The van der Waals surface area contributed by atoms with Gasteiger partial charge in [-0.3, -0.25) is 9.97 Å². The summed E-state index contributed by atoms with van der Waals surface area (Å²) in [5.41, 5.74) is 3.23. The SMILES string of the molecule is N#Cc1c(-c2cc(Cl)ccn2)[nH]c2cccnc12. The highest BCUT2D eigenvalue weighted by atomic mass is 35.5. The van der Waals surface area contributed by atoms with Crippen molar-refractivity contribution in [1.82, 2.24) is 15.0 Å². The summed E-state index contributed by atoms with van der Waals surface area (Å²) >= 11 is 5.94. The predicted molar refractivity (Wildman–Crippen MR) is 69.0 cm³/mol. The molecule has 0 saturated carbocycles. The standard InChI is InChI=1S/C13H7ClN4/c14-8-3-5-16-11(6-8)13-9(7-15)12-10(18-13)2-1-4-17-12/h1-6,18H. The van der Waals surface area contributed by atoms with E-state index in [1.807, 2.05) is 12.1 Å². The predicted octanol–water partition coefficient (Wildman–Crippen LogP) is 3.15. The smallest absolute Gasteiger partial charge is 0.106 e. The second-order valence-corrected chi connectivity index (χ2v) is 4.18. The van der Waals surface area contributed by atoms with Crippen LogP contribution in [0.1, 0.15) is 5.56 Å². The van der Waals surface area contributed by atoms with Crippen LogP contribution < -0.4 is 0 Å². The minimum Gasteiger partial charge on any atom is -0.351 e. The maximum atomic E-state index is 9.27. The third kappa shape index (κ3) is 1.62. The summed E-state index contributed by atoms with van der Waals surface area (Å²) < 4.78 is 0. The van der Waals surface area contributed by atoms with E-state index in [1.54, 1.807) is 24.5 Å². The van der Waals surface area contributed by atoms with Gasteiger partial charge in [0.1, 0.15) is 17.1 Å². The Morgan fingerprint density at radius 1 is 1.22 bits per heavy atom. The van der Waals surface area contributed by atoms with E-state index in [0.29, 0.717) is 27.5 Å². The van der Waals surface area contributed by atoms with E-state index in [2.05, 4.69) is 21.0 Å². The van der Waals surface area contributed by atoms with Crippen LogP contribution in [0.4, 0.5) is 0 Å². The van der Waals surface area contributed by atoms with Crippen molar-refractivity contribution in [2.24, 2.45) is 0 Å². The Morgan fingerprint density at radius 3 is 2.89 bits per heavy atom. The van der Waals surface area contributed by atoms with Crippen molar-refractivity contribution < 1.29 is 0 Å². The van der Waals surface area contributed by atoms with E-state index < -0.39 is 0 Å². The van der Waals surface area contributed by atoms with Crippen LogP contribution in [-0.2, 0) is 0 Å². The Kier molecular flexibility index (Phi) is 2.47. The molecule has 3 aromatic rings. The molecule has 0 atom stereocenters. The van der Waals surface area contributed by atoms with E-state index in [1.165, 1.54) is 0 Å². The molecule has 0 fully saturated rings. The highest BCUT2D eigenvalue weighted by Gasteiger charge is 2.14. The van der Waals surface area contributed by atoms with Crippen LogP contribution in [0.5, 0.6) is 0 Å². The zero-order valence-electron chi connectivity index (χ0n) is 9.18. The van der Waals surface area contributed by atoms with Crippen molar-refractivity contribution >= 4 is 22.6 Å². The maximum absolute atomic E-state index is 9.27. The summed E-state index contributed by atoms with van der Waals surface area (Å²) in [4.78, 5) is 11.6. The van der Waals surface area contributed by atoms with Crippen molar-refractivity contribution in [3.8, 4) is 17.5 Å². The van der Waals surface area contributed by atoms with E-state index >= 15 is 0 Å². The number of nitrogens with zero attached hydrogens (tertiary/aromatic N) is 3. The van der Waals surface area contributed by atoms with Crippen LogP contribution in [0.15, 0.2) is 36.7 Å². The summed E-state index contributed by atoms with van der Waals surface area (Å²) in [6.45, 7) is 0. The Balaban J connectivity index is 2.33. The molecule has 0 aliphatic heterocycles. The third-order valence-corrected chi connectivity index (χ3v) is 2.88. The first-order valence-electron chi connectivity index (χ1n) is 5.28. The van der Waals surface area contributed by atoms with Crippen molar-refractivity contribution in [1.29, 1.82) is 5.26 Å². The molecule has 0 saturated heterocycles. The summed E-state index contributed by atoms with van der Waals surface area (Å²) in [6.07, 6.45) is 3.27. The lowest BCUT2D eigenvalue weighted by atomic mass is 10.2. The Labute approximate surface area is 108 Å². The van der Waals surface area contributed by atoms with Gasteiger partial charge in [-0.25, -0.2) is 0 Å². The molecule has 0 radical (unpaired) electrons. The number of hydrogen-bond donors (Lipinski definition) is 1. The lowest BCUT2D eigenvalue weighted by Gasteiger charge is -1.98. The molecular weight excluding hydrogens is 248 g/mol. The highest BCUT2D eigenvalue weighted by molar-refractivity contribution is 6.30. The summed E-state index contributed by atoms with van der Waals surface area (Å²) in [5, 5.41) is 9.84. The molecule has 0 aliphatic carbocycles. The zero-order valence-corrected chi connectivity index (χ0v) is 9.94. The van der Waals surface area contributed by atoms with E-state index in [0.717, 1.165) is 5.52 Å². The van der Waals surface area contributed by atoms with Gasteiger partial charge in [0.2, 0.25) is 0 Å². The van der Waals surface area contributed by atoms with Gasteiger partial charge >= 0.3 is 0 Å². The fourth-order valence-corrected chi connectivity index (χ4v) is 2.02. The average molecular weight is 255 g/mol. The van der Waals surface area contributed by atoms with Crippen LogP contribution in [0.2, 0.25) is 5.02 Å². The summed E-state index contributed by atoms with van der Waals surface area (Å²) in [7, 11) is 0. The number of aromatic nitrogens is 3. The minimum absolute atomic E-state index is 0.486. The normalized spacial score (nSPS) is 10.4. The lowest BCUT2D eigenvalue weighted by Crippen LogP contribution is -1.85. The fraction of sp³-hybridized carbons (Fsp3) is 0. The molecule has 0 unspecified atom stereocenters. The quantitative estimate of drug-likeness (QED) is 0.725. The Hall–Kier alpha value is -2.38. The van der Waals surface area contributed by atoms with Crippen LogP contribution in [0, 0.1) is 11.3 Å². The number of rotatable bonds is 1. The number of fused-ring (bicyclic) bond motifs is 1. The van der Waals surface area contributed by atoms with Crippen molar-refractivity contribution in [2.75, 3.05) is 0 Å². The first kappa shape index (κ1) is 10.8.